The Morgan fingerprint density at radius 2 is 1.33 bits per heavy atom. The van der Waals surface area contributed by atoms with Crippen LogP contribution in [0.2, 0.25) is 0 Å². The maximum Gasteiger partial charge on any atom is 0.166 e. The maximum atomic E-state index is 15.1. The average Bonchev–Trinajstić information content (AvgIpc) is 2.95. The molecule has 3 aromatic carbocycles. The third kappa shape index (κ3) is 7.00. The van der Waals surface area contributed by atoms with Crippen LogP contribution in [-0.4, -0.2) is 12.7 Å². The highest BCUT2D eigenvalue weighted by Crippen LogP contribution is 2.35. The van der Waals surface area contributed by atoms with Gasteiger partial charge in [0.25, 0.3) is 0 Å². The summed E-state index contributed by atoms with van der Waals surface area (Å²) in [4.78, 5) is 0. The van der Waals surface area contributed by atoms with E-state index < -0.39 is 23.3 Å². The van der Waals surface area contributed by atoms with Crippen LogP contribution < -0.4 is 0 Å². The molecule has 0 spiro atoms. The molecule has 0 aliphatic carbocycles. The molecule has 1 aliphatic rings. The van der Waals surface area contributed by atoms with Gasteiger partial charge in [-0.1, -0.05) is 99.7 Å². The third-order valence-corrected chi connectivity index (χ3v) is 7.74. The van der Waals surface area contributed by atoms with E-state index in [0.29, 0.717) is 35.3 Å². The summed E-state index contributed by atoms with van der Waals surface area (Å²) in [5.74, 6) is -3.65. The number of rotatable bonds is 11. The largest absolute Gasteiger partial charge is 0.374 e. The van der Waals surface area contributed by atoms with Gasteiger partial charge in [0.1, 0.15) is 0 Å². The minimum atomic E-state index is -0.910. The summed E-state index contributed by atoms with van der Waals surface area (Å²) in [6, 6.07) is 12.9. The highest BCUT2D eigenvalue weighted by atomic mass is 19.2. The first-order chi connectivity index (χ1) is 18.9. The average molecular weight is 539 g/mol. The molecule has 39 heavy (non-hydrogen) atoms. The second kappa shape index (κ2) is 13.9. The normalized spacial score (nSPS) is 17.7. The van der Waals surface area contributed by atoms with Gasteiger partial charge in [0, 0.05) is 17.0 Å². The number of halogens is 4. The Morgan fingerprint density at radius 1 is 0.718 bits per heavy atom. The molecule has 0 bridgehead atoms. The van der Waals surface area contributed by atoms with Crippen LogP contribution in [0, 0.1) is 23.3 Å². The molecule has 1 fully saturated rings. The van der Waals surface area contributed by atoms with E-state index in [1.54, 1.807) is 48.5 Å². The van der Waals surface area contributed by atoms with Crippen LogP contribution in [0.5, 0.6) is 0 Å². The Balaban J connectivity index is 1.45. The van der Waals surface area contributed by atoms with Crippen LogP contribution in [0.1, 0.15) is 82.3 Å². The zero-order chi connectivity index (χ0) is 27.8. The van der Waals surface area contributed by atoms with Gasteiger partial charge in [-0.3, -0.25) is 0 Å². The first kappa shape index (κ1) is 29.1. The van der Waals surface area contributed by atoms with Crippen LogP contribution in [-0.2, 0) is 11.2 Å². The quantitative estimate of drug-likeness (QED) is 0.134. The summed E-state index contributed by atoms with van der Waals surface area (Å²) < 4.78 is 65.7. The van der Waals surface area contributed by atoms with Gasteiger partial charge < -0.3 is 4.74 Å². The lowest BCUT2D eigenvalue weighted by Gasteiger charge is -2.28. The predicted octanol–water partition coefficient (Wildman–Crippen LogP) is 10.3. The smallest absolute Gasteiger partial charge is 0.166 e. The van der Waals surface area contributed by atoms with Crippen molar-refractivity contribution >= 4 is 0 Å². The summed E-state index contributed by atoms with van der Waals surface area (Å²) in [5, 5.41) is 0. The van der Waals surface area contributed by atoms with Gasteiger partial charge in [0.05, 0.1) is 12.7 Å². The second-order valence-corrected chi connectivity index (χ2v) is 10.5. The molecule has 5 heteroatoms. The van der Waals surface area contributed by atoms with E-state index in [9.17, 15) is 8.78 Å². The van der Waals surface area contributed by atoms with Crippen molar-refractivity contribution in [2.45, 2.75) is 83.7 Å². The molecule has 1 heterocycles. The second-order valence-electron chi connectivity index (χ2n) is 10.5. The van der Waals surface area contributed by atoms with E-state index in [0.717, 1.165) is 32.1 Å². The molecule has 2 unspecified atom stereocenters. The van der Waals surface area contributed by atoms with E-state index >= 15 is 8.78 Å². The van der Waals surface area contributed by atoms with Gasteiger partial charge in [-0.2, -0.15) is 0 Å². The summed E-state index contributed by atoms with van der Waals surface area (Å²) in [7, 11) is 0. The van der Waals surface area contributed by atoms with Crippen molar-refractivity contribution in [2.75, 3.05) is 6.61 Å². The Morgan fingerprint density at radius 3 is 1.95 bits per heavy atom. The standard InChI is InChI=1S/C34H38F4O/c1-3-5-6-7-8-9-11-25-17-19-28(32(36)31(25)35)23-12-14-24(15-13-23)29-20-21-30(34(38)33(29)37)26-16-18-27(10-4-2)39-22-26/h4,10,12-15,17,19-21,26-27H,3,5-9,11,16,18,22H2,1-2H3. The van der Waals surface area contributed by atoms with E-state index in [1.807, 2.05) is 19.1 Å². The molecular weight excluding hydrogens is 500 g/mol. The lowest BCUT2D eigenvalue weighted by molar-refractivity contribution is 0.0317. The fraction of sp³-hybridized carbons (Fsp3) is 0.412. The SMILES string of the molecule is CC=CC1CCC(c2ccc(-c3ccc(-c4ccc(CCCCCCCC)c(F)c4F)cc3)c(F)c2F)CO1. The number of benzene rings is 3. The molecule has 1 nitrogen and oxygen atoms in total. The lowest BCUT2D eigenvalue weighted by atomic mass is 9.89. The predicted molar refractivity (Wildman–Crippen MR) is 151 cm³/mol. The third-order valence-electron chi connectivity index (χ3n) is 7.74. The van der Waals surface area contributed by atoms with E-state index in [4.69, 9.17) is 4.74 Å². The highest BCUT2D eigenvalue weighted by molar-refractivity contribution is 5.71. The van der Waals surface area contributed by atoms with Gasteiger partial charge in [-0.25, -0.2) is 17.6 Å². The molecule has 2 atom stereocenters. The molecule has 1 aliphatic heterocycles. The molecule has 4 rings (SSSR count). The monoisotopic (exact) mass is 538 g/mol. The first-order valence-corrected chi connectivity index (χ1v) is 14.2. The van der Waals surface area contributed by atoms with E-state index in [1.165, 1.54) is 19.3 Å². The maximum absolute atomic E-state index is 15.1. The summed E-state index contributed by atoms with van der Waals surface area (Å²) >= 11 is 0. The minimum absolute atomic E-state index is 0.0202. The topological polar surface area (TPSA) is 9.23 Å². The molecular formula is C34H38F4O. The molecule has 0 aromatic heterocycles. The van der Waals surface area contributed by atoms with Gasteiger partial charge in [0.15, 0.2) is 23.3 Å². The molecule has 0 saturated carbocycles. The molecule has 1 saturated heterocycles. The molecule has 3 aromatic rings. The Bertz CT molecular complexity index is 1260. The van der Waals surface area contributed by atoms with Gasteiger partial charge in [-0.05, 0) is 54.9 Å². The van der Waals surface area contributed by atoms with Crippen molar-refractivity contribution in [1.29, 1.82) is 0 Å². The van der Waals surface area contributed by atoms with Gasteiger partial charge in [0.2, 0.25) is 0 Å². The van der Waals surface area contributed by atoms with Crippen LogP contribution in [0.15, 0.2) is 60.7 Å². The Labute approximate surface area is 229 Å². The highest BCUT2D eigenvalue weighted by Gasteiger charge is 2.26. The van der Waals surface area contributed by atoms with E-state index in [2.05, 4.69) is 6.92 Å². The van der Waals surface area contributed by atoms with Crippen molar-refractivity contribution < 1.29 is 22.3 Å². The summed E-state index contributed by atoms with van der Waals surface area (Å²) in [6.45, 7) is 4.44. The zero-order valence-electron chi connectivity index (χ0n) is 22.9. The van der Waals surface area contributed by atoms with Gasteiger partial charge in [-0.15, -0.1) is 0 Å². The molecule has 0 amide bonds. The van der Waals surface area contributed by atoms with E-state index in [-0.39, 0.29) is 23.1 Å². The zero-order valence-corrected chi connectivity index (χ0v) is 22.9. The van der Waals surface area contributed by atoms with Crippen molar-refractivity contribution in [3.63, 3.8) is 0 Å². The van der Waals surface area contributed by atoms with Crippen molar-refractivity contribution in [3.8, 4) is 22.3 Å². The molecule has 0 N–H and O–H groups in total. The Hall–Kier alpha value is -2.92. The summed E-state index contributed by atoms with van der Waals surface area (Å²) in [6.07, 6.45) is 12.4. The van der Waals surface area contributed by atoms with Gasteiger partial charge >= 0.3 is 0 Å². The molecule has 0 radical (unpaired) electrons. The van der Waals surface area contributed by atoms with Crippen molar-refractivity contribution in [1.82, 2.24) is 0 Å². The lowest BCUT2D eigenvalue weighted by Crippen LogP contribution is -2.24. The van der Waals surface area contributed by atoms with Crippen LogP contribution in [0.25, 0.3) is 22.3 Å². The number of unbranched alkanes of at least 4 members (excludes halogenated alkanes) is 5. The minimum Gasteiger partial charge on any atom is -0.374 e. The number of allylic oxidation sites excluding steroid dienone is 1. The van der Waals surface area contributed by atoms with Crippen LogP contribution >= 0.6 is 0 Å². The molecule has 208 valence electrons. The number of ether oxygens (including phenoxy) is 1. The fourth-order valence-electron chi connectivity index (χ4n) is 5.42. The van der Waals surface area contributed by atoms with Crippen LogP contribution in [0.4, 0.5) is 17.6 Å². The van der Waals surface area contributed by atoms with Crippen molar-refractivity contribution in [3.05, 3.63) is 95.1 Å². The number of hydrogen-bond acceptors (Lipinski definition) is 1. The van der Waals surface area contributed by atoms with Crippen molar-refractivity contribution in [2.24, 2.45) is 0 Å². The first-order valence-electron chi connectivity index (χ1n) is 14.2. The summed E-state index contributed by atoms with van der Waals surface area (Å²) in [5.41, 5.74) is 1.95. The number of aryl methyl sites for hydroxylation is 1. The Kier molecular flexibility index (Phi) is 10.4. The fourth-order valence-corrected chi connectivity index (χ4v) is 5.42. The van der Waals surface area contributed by atoms with Crippen LogP contribution in [0.3, 0.4) is 0 Å². The number of hydrogen-bond donors (Lipinski definition) is 0.